The summed E-state index contributed by atoms with van der Waals surface area (Å²) in [4.78, 5) is 13.6. The number of fused-ring (bicyclic) bond motifs is 1. The Morgan fingerprint density at radius 1 is 1.23 bits per heavy atom. The summed E-state index contributed by atoms with van der Waals surface area (Å²) in [7, 11) is 3.87. The van der Waals surface area contributed by atoms with E-state index in [1.165, 1.54) is 12.3 Å². The van der Waals surface area contributed by atoms with Crippen LogP contribution in [0.2, 0.25) is 0 Å². The topological polar surface area (TPSA) is 63.9 Å². The summed E-state index contributed by atoms with van der Waals surface area (Å²) < 4.78 is 12.5. The van der Waals surface area contributed by atoms with Gasteiger partial charge in [0.05, 0.1) is 6.20 Å². The monoisotopic (exact) mass is 302 g/mol. The van der Waals surface area contributed by atoms with Crippen LogP contribution in [0, 0.1) is 0 Å². The normalized spacial score (nSPS) is 12.9. The van der Waals surface area contributed by atoms with Crippen LogP contribution in [0.3, 0.4) is 0 Å². The van der Waals surface area contributed by atoms with Gasteiger partial charge in [0.1, 0.15) is 0 Å². The highest BCUT2D eigenvalue weighted by Gasteiger charge is 2.14. The van der Waals surface area contributed by atoms with Crippen molar-refractivity contribution in [3.8, 4) is 17.2 Å². The van der Waals surface area contributed by atoms with Gasteiger partial charge in [-0.15, -0.1) is 0 Å². The first kappa shape index (κ1) is 14.5. The summed E-state index contributed by atoms with van der Waals surface area (Å²) in [6, 6.07) is 7.20. The van der Waals surface area contributed by atoms with E-state index in [9.17, 15) is 9.90 Å². The quantitative estimate of drug-likeness (QED) is 0.925. The molecule has 116 valence electrons. The molecule has 22 heavy (non-hydrogen) atoms. The fourth-order valence-electron chi connectivity index (χ4n) is 2.45. The number of benzene rings is 1. The van der Waals surface area contributed by atoms with Gasteiger partial charge in [0.2, 0.25) is 12.2 Å². The van der Waals surface area contributed by atoms with Gasteiger partial charge in [-0.25, -0.2) is 0 Å². The lowest BCUT2D eigenvalue weighted by atomic mass is 10.2. The van der Waals surface area contributed by atoms with E-state index in [2.05, 4.69) is 0 Å². The maximum Gasteiger partial charge on any atom is 0.231 e. The number of aromatic hydroxyl groups is 1. The molecule has 6 heteroatoms. The molecule has 2 heterocycles. The molecule has 3 rings (SSSR count). The first-order valence-electron chi connectivity index (χ1n) is 6.98. The summed E-state index contributed by atoms with van der Waals surface area (Å²) in [5.74, 6) is 1.21. The molecule has 0 spiro atoms. The first-order chi connectivity index (χ1) is 10.5. The van der Waals surface area contributed by atoms with Crippen molar-refractivity contribution in [3.05, 3.63) is 51.9 Å². The maximum atomic E-state index is 11.7. The Balaban J connectivity index is 1.93. The fraction of sp³-hybridized carbons (Fsp3) is 0.312. The minimum absolute atomic E-state index is 0.240. The molecule has 0 saturated heterocycles. The van der Waals surface area contributed by atoms with Crippen LogP contribution in [0.4, 0.5) is 0 Å². The highest BCUT2D eigenvalue weighted by molar-refractivity contribution is 5.44. The number of pyridine rings is 1. The SMILES string of the molecule is CN(C)Cc1cc(=O)c(O)cn1Cc1ccc2c(c1)OCO2. The van der Waals surface area contributed by atoms with Crippen molar-refractivity contribution in [3.63, 3.8) is 0 Å². The van der Waals surface area contributed by atoms with Crippen LogP contribution in [-0.4, -0.2) is 35.5 Å². The molecule has 0 unspecified atom stereocenters. The van der Waals surface area contributed by atoms with E-state index >= 15 is 0 Å². The first-order valence-corrected chi connectivity index (χ1v) is 6.98. The van der Waals surface area contributed by atoms with Gasteiger partial charge in [0, 0.05) is 24.8 Å². The summed E-state index contributed by atoms with van der Waals surface area (Å²) in [6.07, 6.45) is 1.48. The number of aromatic nitrogens is 1. The van der Waals surface area contributed by atoms with Crippen molar-refractivity contribution in [2.75, 3.05) is 20.9 Å². The molecule has 0 radical (unpaired) electrons. The zero-order chi connectivity index (χ0) is 15.7. The highest BCUT2D eigenvalue weighted by atomic mass is 16.7. The van der Waals surface area contributed by atoms with Crippen LogP contribution in [0.1, 0.15) is 11.3 Å². The minimum Gasteiger partial charge on any atom is -0.503 e. The zero-order valence-electron chi connectivity index (χ0n) is 12.6. The molecule has 0 fully saturated rings. The average Bonchev–Trinajstić information content (AvgIpc) is 2.91. The lowest BCUT2D eigenvalue weighted by molar-refractivity contribution is 0.174. The second-order valence-electron chi connectivity index (χ2n) is 5.57. The number of hydrogen-bond donors (Lipinski definition) is 1. The highest BCUT2D eigenvalue weighted by Crippen LogP contribution is 2.32. The van der Waals surface area contributed by atoms with Crippen molar-refractivity contribution in [1.82, 2.24) is 9.47 Å². The van der Waals surface area contributed by atoms with Crippen LogP contribution in [0.25, 0.3) is 0 Å². The van der Waals surface area contributed by atoms with Crippen LogP contribution in [0.5, 0.6) is 17.2 Å². The van der Waals surface area contributed by atoms with E-state index in [1.54, 1.807) is 0 Å². The molecule has 6 nitrogen and oxygen atoms in total. The molecule has 0 atom stereocenters. The van der Waals surface area contributed by atoms with Gasteiger partial charge in [0.15, 0.2) is 17.2 Å². The molecule has 1 aliphatic heterocycles. The van der Waals surface area contributed by atoms with Crippen molar-refractivity contribution in [2.24, 2.45) is 0 Å². The Hall–Kier alpha value is -2.47. The molecule has 1 aliphatic rings. The Morgan fingerprint density at radius 3 is 2.77 bits per heavy atom. The van der Waals surface area contributed by atoms with Crippen LogP contribution >= 0.6 is 0 Å². The lowest BCUT2D eigenvalue weighted by Crippen LogP contribution is -2.19. The van der Waals surface area contributed by atoms with Crippen LogP contribution < -0.4 is 14.9 Å². The van der Waals surface area contributed by atoms with E-state index in [1.807, 2.05) is 41.8 Å². The Bertz CT molecular complexity index is 752. The van der Waals surface area contributed by atoms with Crippen molar-refractivity contribution >= 4 is 0 Å². The zero-order valence-corrected chi connectivity index (χ0v) is 12.6. The number of rotatable bonds is 4. The van der Waals surface area contributed by atoms with E-state index in [0.717, 1.165) is 22.8 Å². The van der Waals surface area contributed by atoms with Gasteiger partial charge < -0.3 is 24.0 Å². The summed E-state index contributed by atoms with van der Waals surface area (Å²) >= 11 is 0. The molecule has 0 aliphatic carbocycles. The van der Waals surface area contributed by atoms with Gasteiger partial charge in [-0.2, -0.15) is 0 Å². The number of nitrogens with zero attached hydrogens (tertiary/aromatic N) is 2. The van der Waals surface area contributed by atoms with Gasteiger partial charge >= 0.3 is 0 Å². The van der Waals surface area contributed by atoms with E-state index in [-0.39, 0.29) is 18.0 Å². The van der Waals surface area contributed by atoms with Gasteiger partial charge in [-0.05, 0) is 31.8 Å². The third kappa shape index (κ3) is 2.92. The molecule has 2 aromatic rings. The predicted molar refractivity (Wildman–Crippen MR) is 81.4 cm³/mol. The van der Waals surface area contributed by atoms with Gasteiger partial charge in [-0.1, -0.05) is 6.07 Å². The lowest BCUT2D eigenvalue weighted by Gasteiger charge is -2.17. The number of hydrogen-bond acceptors (Lipinski definition) is 5. The molecule has 0 bridgehead atoms. The number of ether oxygens (including phenoxy) is 2. The van der Waals surface area contributed by atoms with Crippen LogP contribution in [-0.2, 0) is 13.1 Å². The van der Waals surface area contributed by atoms with Gasteiger partial charge in [-0.3, -0.25) is 4.79 Å². The maximum absolute atomic E-state index is 11.7. The summed E-state index contributed by atoms with van der Waals surface area (Å²) in [6.45, 7) is 1.39. The van der Waals surface area contributed by atoms with E-state index in [0.29, 0.717) is 13.1 Å². The largest absolute Gasteiger partial charge is 0.503 e. The second-order valence-corrected chi connectivity index (χ2v) is 5.57. The molecule has 1 aromatic heterocycles. The predicted octanol–water partition coefficient (Wildman–Crippen LogP) is 1.39. The second kappa shape index (κ2) is 5.73. The van der Waals surface area contributed by atoms with E-state index < -0.39 is 0 Å². The fourth-order valence-corrected chi connectivity index (χ4v) is 2.45. The standard InChI is InChI=1S/C16H18N2O4/c1-17(2)8-12-6-13(19)14(20)9-18(12)7-11-3-4-15-16(5-11)22-10-21-15/h3-6,9,20H,7-8,10H2,1-2H3. The van der Waals surface area contributed by atoms with Gasteiger partial charge in [0.25, 0.3) is 0 Å². The Morgan fingerprint density at radius 2 is 2.00 bits per heavy atom. The van der Waals surface area contributed by atoms with Crippen molar-refractivity contribution in [1.29, 1.82) is 0 Å². The summed E-state index contributed by atoms with van der Waals surface area (Å²) in [5.41, 5.74) is 1.48. The molecule has 0 saturated carbocycles. The molecule has 1 aromatic carbocycles. The third-order valence-corrected chi connectivity index (χ3v) is 3.47. The van der Waals surface area contributed by atoms with Crippen molar-refractivity contribution in [2.45, 2.75) is 13.1 Å². The molecule has 0 amide bonds. The molecular formula is C16H18N2O4. The molecule has 1 N–H and O–H groups in total. The Labute approximate surface area is 128 Å². The Kier molecular flexibility index (Phi) is 3.77. The van der Waals surface area contributed by atoms with Crippen molar-refractivity contribution < 1.29 is 14.6 Å². The third-order valence-electron chi connectivity index (χ3n) is 3.47. The average molecular weight is 302 g/mol. The minimum atomic E-state index is -0.362. The van der Waals surface area contributed by atoms with E-state index in [4.69, 9.17) is 9.47 Å². The summed E-state index contributed by atoms with van der Waals surface area (Å²) in [5, 5.41) is 9.70. The smallest absolute Gasteiger partial charge is 0.231 e. The van der Waals surface area contributed by atoms with Crippen LogP contribution in [0.15, 0.2) is 35.3 Å². The molecular weight excluding hydrogens is 284 g/mol.